The van der Waals surface area contributed by atoms with Crippen molar-refractivity contribution < 1.29 is 0 Å². The molecule has 0 amide bonds. The van der Waals surface area contributed by atoms with E-state index in [9.17, 15) is 4.79 Å². The Labute approximate surface area is 137 Å². The van der Waals surface area contributed by atoms with E-state index in [1.807, 2.05) is 12.1 Å². The molecule has 1 fully saturated rings. The van der Waals surface area contributed by atoms with Crippen molar-refractivity contribution in [3.63, 3.8) is 0 Å². The van der Waals surface area contributed by atoms with Gasteiger partial charge in [-0.25, -0.2) is 5.10 Å². The molecule has 0 bridgehead atoms. The number of anilines is 1. The molecular formula is C14H15Cl2N5O. The average Bonchev–Trinajstić information content (AvgIpc) is 2.53. The minimum atomic E-state index is -0.355. The molecule has 3 rings (SSSR count). The first-order valence-electron chi connectivity index (χ1n) is 6.94. The van der Waals surface area contributed by atoms with E-state index in [1.54, 1.807) is 12.4 Å². The normalized spacial score (nSPS) is 16.0. The predicted octanol–water partition coefficient (Wildman–Crippen LogP) is 1.79. The van der Waals surface area contributed by atoms with Gasteiger partial charge in [0, 0.05) is 38.9 Å². The highest BCUT2D eigenvalue weighted by Crippen LogP contribution is 2.22. The van der Waals surface area contributed by atoms with E-state index in [2.05, 4.69) is 25.0 Å². The fourth-order valence-electron chi connectivity index (χ4n) is 2.47. The second-order valence-electron chi connectivity index (χ2n) is 5.13. The largest absolute Gasteiger partial charge is 0.366 e. The number of rotatable bonds is 3. The van der Waals surface area contributed by atoms with Crippen LogP contribution in [0.2, 0.25) is 10.0 Å². The minimum Gasteiger partial charge on any atom is -0.366 e. The number of hydrogen-bond donors (Lipinski definition) is 1. The Balaban J connectivity index is 1.61. The van der Waals surface area contributed by atoms with Crippen LogP contribution in [0.25, 0.3) is 0 Å². The monoisotopic (exact) mass is 339 g/mol. The number of aromatic nitrogens is 3. The third-order valence-electron chi connectivity index (χ3n) is 3.66. The number of nitrogens with zero attached hydrogens (tertiary/aromatic N) is 4. The van der Waals surface area contributed by atoms with Gasteiger partial charge in [0.15, 0.2) is 0 Å². The summed E-state index contributed by atoms with van der Waals surface area (Å²) in [6.07, 6.45) is 3.26. The molecule has 0 spiro atoms. The predicted molar refractivity (Wildman–Crippen MR) is 86.6 cm³/mol. The van der Waals surface area contributed by atoms with Crippen LogP contribution in [0.4, 0.5) is 5.69 Å². The summed E-state index contributed by atoms with van der Waals surface area (Å²) in [5.41, 5.74) is 1.33. The molecule has 0 radical (unpaired) electrons. The van der Waals surface area contributed by atoms with E-state index in [0.29, 0.717) is 10.7 Å². The number of aromatic amines is 1. The maximum atomic E-state index is 11.5. The molecule has 22 heavy (non-hydrogen) atoms. The van der Waals surface area contributed by atoms with E-state index in [-0.39, 0.29) is 10.6 Å². The summed E-state index contributed by atoms with van der Waals surface area (Å²) in [7, 11) is 0. The Morgan fingerprint density at radius 1 is 1.14 bits per heavy atom. The third-order valence-corrected chi connectivity index (χ3v) is 4.25. The van der Waals surface area contributed by atoms with Gasteiger partial charge in [-0.15, -0.1) is 0 Å². The highest BCUT2D eigenvalue weighted by atomic mass is 35.5. The number of hydrogen-bond acceptors (Lipinski definition) is 5. The number of piperazine rings is 1. The SMILES string of the molecule is O=c1[nH]ncc(N2CCN(Cc3ccc(Cl)cn3)CC2)c1Cl. The minimum absolute atomic E-state index is 0.197. The van der Waals surface area contributed by atoms with Crippen molar-refractivity contribution in [1.29, 1.82) is 0 Å². The summed E-state index contributed by atoms with van der Waals surface area (Å²) in [5.74, 6) is 0. The van der Waals surface area contributed by atoms with Gasteiger partial charge in [0.25, 0.3) is 5.56 Å². The number of nitrogens with one attached hydrogen (secondary N) is 1. The molecule has 1 aliphatic heterocycles. The Kier molecular flexibility index (Phi) is 4.61. The lowest BCUT2D eigenvalue weighted by Crippen LogP contribution is -2.46. The van der Waals surface area contributed by atoms with Gasteiger partial charge in [-0.05, 0) is 12.1 Å². The van der Waals surface area contributed by atoms with Crippen LogP contribution in [-0.4, -0.2) is 46.3 Å². The first-order chi connectivity index (χ1) is 10.6. The van der Waals surface area contributed by atoms with E-state index < -0.39 is 0 Å². The first kappa shape index (κ1) is 15.3. The summed E-state index contributed by atoms with van der Waals surface area (Å²) >= 11 is 11.9. The molecule has 0 unspecified atom stereocenters. The molecule has 0 saturated carbocycles. The Bertz CT molecular complexity index is 695. The molecule has 1 aliphatic rings. The summed E-state index contributed by atoms with van der Waals surface area (Å²) in [4.78, 5) is 20.2. The molecule has 6 nitrogen and oxygen atoms in total. The maximum Gasteiger partial charge on any atom is 0.285 e. The van der Waals surface area contributed by atoms with Crippen molar-refractivity contribution in [1.82, 2.24) is 20.1 Å². The summed E-state index contributed by atoms with van der Waals surface area (Å²) < 4.78 is 0. The lowest BCUT2D eigenvalue weighted by Gasteiger charge is -2.35. The second-order valence-corrected chi connectivity index (χ2v) is 5.94. The Hall–Kier alpha value is -1.63. The van der Waals surface area contributed by atoms with Gasteiger partial charge in [0.2, 0.25) is 0 Å². The van der Waals surface area contributed by atoms with Crippen LogP contribution in [0.5, 0.6) is 0 Å². The van der Waals surface area contributed by atoms with Gasteiger partial charge in [-0.1, -0.05) is 23.2 Å². The van der Waals surface area contributed by atoms with Gasteiger partial charge < -0.3 is 4.90 Å². The first-order valence-corrected chi connectivity index (χ1v) is 7.70. The molecule has 0 atom stereocenters. The topological polar surface area (TPSA) is 65.1 Å². The van der Waals surface area contributed by atoms with Crippen LogP contribution in [-0.2, 0) is 6.54 Å². The van der Waals surface area contributed by atoms with Gasteiger partial charge in [0.05, 0.1) is 22.6 Å². The fraction of sp³-hybridized carbons (Fsp3) is 0.357. The van der Waals surface area contributed by atoms with E-state index in [0.717, 1.165) is 38.4 Å². The van der Waals surface area contributed by atoms with Crippen molar-refractivity contribution >= 4 is 28.9 Å². The molecule has 116 valence electrons. The highest BCUT2D eigenvalue weighted by molar-refractivity contribution is 6.33. The molecule has 0 aliphatic carbocycles. The average molecular weight is 340 g/mol. The van der Waals surface area contributed by atoms with Crippen molar-refractivity contribution in [2.24, 2.45) is 0 Å². The van der Waals surface area contributed by atoms with Crippen LogP contribution in [0.1, 0.15) is 5.69 Å². The van der Waals surface area contributed by atoms with Gasteiger partial charge in [-0.2, -0.15) is 5.10 Å². The zero-order valence-electron chi connectivity index (χ0n) is 11.8. The van der Waals surface area contributed by atoms with Crippen LogP contribution in [0, 0.1) is 0 Å². The lowest BCUT2D eigenvalue weighted by molar-refractivity contribution is 0.247. The molecule has 2 aromatic heterocycles. The molecule has 8 heteroatoms. The van der Waals surface area contributed by atoms with Crippen molar-refractivity contribution in [2.45, 2.75) is 6.54 Å². The maximum absolute atomic E-state index is 11.5. The zero-order valence-corrected chi connectivity index (χ0v) is 13.3. The van der Waals surface area contributed by atoms with E-state index in [4.69, 9.17) is 23.2 Å². The summed E-state index contributed by atoms with van der Waals surface area (Å²) in [5, 5.41) is 6.99. The molecule has 2 aromatic rings. The molecular weight excluding hydrogens is 325 g/mol. The van der Waals surface area contributed by atoms with Gasteiger partial charge in [0.1, 0.15) is 5.02 Å². The van der Waals surface area contributed by atoms with Crippen LogP contribution in [0.3, 0.4) is 0 Å². The quantitative estimate of drug-likeness (QED) is 0.923. The van der Waals surface area contributed by atoms with Crippen molar-refractivity contribution in [3.8, 4) is 0 Å². The van der Waals surface area contributed by atoms with E-state index >= 15 is 0 Å². The van der Waals surface area contributed by atoms with Gasteiger partial charge >= 0.3 is 0 Å². The Morgan fingerprint density at radius 2 is 1.91 bits per heavy atom. The van der Waals surface area contributed by atoms with Crippen molar-refractivity contribution in [3.05, 3.63) is 50.6 Å². The molecule has 1 N–H and O–H groups in total. The number of pyridine rings is 1. The fourth-order valence-corrected chi connectivity index (χ4v) is 2.79. The Morgan fingerprint density at radius 3 is 2.59 bits per heavy atom. The zero-order chi connectivity index (χ0) is 15.5. The second kappa shape index (κ2) is 6.64. The van der Waals surface area contributed by atoms with Crippen LogP contribution >= 0.6 is 23.2 Å². The third kappa shape index (κ3) is 3.40. The smallest absolute Gasteiger partial charge is 0.285 e. The van der Waals surface area contributed by atoms with Crippen LogP contribution < -0.4 is 10.5 Å². The molecule has 1 saturated heterocycles. The summed E-state index contributed by atoms with van der Waals surface area (Å²) in [6.45, 7) is 4.10. The molecule has 3 heterocycles. The number of H-pyrrole nitrogens is 1. The standard InChI is InChI=1S/C14H15Cl2N5O/c15-10-1-2-11(17-7-10)9-20-3-5-21(6-4-20)12-8-18-19-14(22)13(12)16/h1-2,7-8H,3-6,9H2,(H,19,22). The van der Waals surface area contributed by atoms with E-state index in [1.165, 1.54) is 0 Å². The molecule has 0 aromatic carbocycles. The highest BCUT2D eigenvalue weighted by Gasteiger charge is 2.20. The van der Waals surface area contributed by atoms with Crippen LogP contribution in [0.15, 0.2) is 29.3 Å². The number of halogens is 2. The van der Waals surface area contributed by atoms with Gasteiger partial charge in [-0.3, -0.25) is 14.7 Å². The van der Waals surface area contributed by atoms with Crippen molar-refractivity contribution in [2.75, 3.05) is 31.1 Å². The lowest BCUT2D eigenvalue weighted by atomic mass is 10.2. The summed E-state index contributed by atoms with van der Waals surface area (Å²) in [6, 6.07) is 3.79.